The highest BCUT2D eigenvalue weighted by molar-refractivity contribution is 5.81. The van der Waals surface area contributed by atoms with E-state index in [0.29, 0.717) is 19.3 Å². The molecule has 1 aromatic rings. The third-order valence-corrected chi connectivity index (χ3v) is 6.86. The number of ether oxygens (including phenoxy) is 3. The van der Waals surface area contributed by atoms with E-state index in [2.05, 4.69) is 16.6 Å². The summed E-state index contributed by atoms with van der Waals surface area (Å²) in [6.07, 6.45) is 3.12. The largest absolute Gasteiger partial charge is 0.573 e. The van der Waals surface area contributed by atoms with Crippen LogP contribution in [0, 0.1) is 11.8 Å². The fourth-order valence-corrected chi connectivity index (χ4v) is 4.96. The lowest BCUT2D eigenvalue weighted by atomic mass is 9.77. The van der Waals surface area contributed by atoms with Gasteiger partial charge in [0.15, 0.2) is 0 Å². The Morgan fingerprint density at radius 2 is 1.85 bits per heavy atom. The molecular weight excluding hydrogens is 511 g/mol. The van der Waals surface area contributed by atoms with Gasteiger partial charge in [-0.05, 0) is 96.8 Å². The first-order chi connectivity index (χ1) is 18.2. The second kappa shape index (κ2) is 14.4. The molecule has 0 aromatic heterocycles. The second-order valence-corrected chi connectivity index (χ2v) is 11.1. The number of carbonyl (C=O) groups excluding carboxylic acids is 2. The van der Waals surface area contributed by atoms with Crippen molar-refractivity contribution < 1.29 is 37.0 Å². The predicted molar refractivity (Wildman–Crippen MR) is 144 cm³/mol. The molecule has 1 aliphatic rings. The fourth-order valence-electron chi connectivity index (χ4n) is 4.96. The number of rotatable bonds is 9. The van der Waals surface area contributed by atoms with Crippen LogP contribution in [0.5, 0.6) is 5.75 Å². The van der Waals surface area contributed by atoms with Crippen LogP contribution in [0.3, 0.4) is 0 Å². The molecule has 0 unspecified atom stereocenters. The highest BCUT2D eigenvalue weighted by Gasteiger charge is 2.35. The van der Waals surface area contributed by atoms with Crippen LogP contribution in [0.25, 0.3) is 0 Å². The highest BCUT2D eigenvalue weighted by atomic mass is 19.4. The molecule has 0 aliphatic carbocycles. The summed E-state index contributed by atoms with van der Waals surface area (Å²) in [7, 11) is 0. The molecule has 1 amide bonds. The Bertz CT molecular complexity index is 982. The quantitative estimate of drug-likeness (QED) is 0.251. The van der Waals surface area contributed by atoms with Crippen molar-refractivity contribution >= 4 is 12.1 Å². The highest BCUT2D eigenvalue weighted by Crippen LogP contribution is 2.34. The number of alkyl halides is 3. The fraction of sp³-hybridized carbons (Fsp3) is 0.600. The Kier molecular flexibility index (Phi) is 11.9. The molecule has 0 saturated carbocycles. The van der Waals surface area contributed by atoms with Crippen LogP contribution >= 0.6 is 0 Å². The molecule has 4 atom stereocenters. The van der Waals surface area contributed by atoms with E-state index in [-0.39, 0.29) is 17.6 Å². The summed E-state index contributed by atoms with van der Waals surface area (Å²) in [5, 5.41) is 2.66. The number of benzene rings is 1. The van der Waals surface area contributed by atoms with Crippen molar-refractivity contribution in [1.29, 1.82) is 0 Å². The zero-order chi connectivity index (χ0) is 29.2. The van der Waals surface area contributed by atoms with Crippen molar-refractivity contribution in [3.05, 3.63) is 54.1 Å². The van der Waals surface area contributed by atoms with Gasteiger partial charge in [-0.3, -0.25) is 0 Å². The molecule has 1 N–H and O–H groups in total. The summed E-state index contributed by atoms with van der Waals surface area (Å²) >= 11 is 0. The monoisotopic (exact) mass is 553 g/mol. The first kappa shape index (κ1) is 32.2. The number of esters is 1. The van der Waals surface area contributed by atoms with Crippen LogP contribution in [0.4, 0.5) is 18.0 Å². The number of cyclic esters (lactones) is 1. The molecule has 1 heterocycles. The maximum absolute atomic E-state index is 13.1. The lowest BCUT2D eigenvalue weighted by Gasteiger charge is -2.31. The van der Waals surface area contributed by atoms with Gasteiger partial charge < -0.3 is 19.5 Å². The van der Waals surface area contributed by atoms with Crippen molar-refractivity contribution in [3.63, 3.8) is 0 Å². The Balaban J connectivity index is 2.22. The molecular formula is C30H42F3NO5. The van der Waals surface area contributed by atoms with Crippen LogP contribution < -0.4 is 10.1 Å². The molecule has 0 radical (unpaired) electrons. The first-order valence-electron chi connectivity index (χ1n) is 13.5. The van der Waals surface area contributed by atoms with E-state index in [4.69, 9.17) is 9.47 Å². The number of carbonyl (C=O) groups is 2. The van der Waals surface area contributed by atoms with E-state index < -0.39 is 36.2 Å². The summed E-state index contributed by atoms with van der Waals surface area (Å²) in [6.45, 7) is 12.9. The smallest absolute Gasteiger partial charge is 0.461 e. The van der Waals surface area contributed by atoms with Crippen molar-refractivity contribution in [1.82, 2.24) is 5.32 Å². The maximum atomic E-state index is 13.1. The Morgan fingerprint density at radius 3 is 2.41 bits per heavy atom. The average molecular weight is 554 g/mol. The van der Waals surface area contributed by atoms with E-state index in [1.54, 1.807) is 32.9 Å². The summed E-state index contributed by atoms with van der Waals surface area (Å²) in [6, 6.07) is 5.00. The Morgan fingerprint density at radius 1 is 1.18 bits per heavy atom. The Labute approximate surface area is 230 Å². The summed E-state index contributed by atoms with van der Waals surface area (Å²) in [4.78, 5) is 25.4. The lowest BCUT2D eigenvalue weighted by molar-refractivity contribution is -0.274. The second-order valence-electron chi connectivity index (χ2n) is 11.1. The third-order valence-electron chi connectivity index (χ3n) is 6.86. The van der Waals surface area contributed by atoms with Crippen LogP contribution in [-0.4, -0.2) is 36.2 Å². The molecule has 39 heavy (non-hydrogen) atoms. The van der Waals surface area contributed by atoms with Crippen LogP contribution in [0.1, 0.15) is 78.7 Å². The van der Waals surface area contributed by atoms with Gasteiger partial charge in [0.05, 0.1) is 0 Å². The number of nitrogens with one attached hydrogen (secondary N) is 1. The molecule has 2 rings (SSSR count). The molecule has 0 spiro atoms. The minimum Gasteiger partial charge on any atom is -0.461 e. The Hall–Kier alpha value is -2.97. The van der Waals surface area contributed by atoms with Crippen molar-refractivity contribution in [2.75, 3.05) is 0 Å². The van der Waals surface area contributed by atoms with Crippen molar-refractivity contribution in [2.24, 2.45) is 11.8 Å². The van der Waals surface area contributed by atoms with Crippen molar-refractivity contribution in [3.8, 4) is 5.75 Å². The predicted octanol–water partition coefficient (Wildman–Crippen LogP) is 7.67. The van der Waals surface area contributed by atoms with Crippen LogP contribution in [0.2, 0.25) is 0 Å². The van der Waals surface area contributed by atoms with E-state index >= 15 is 0 Å². The van der Waals surface area contributed by atoms with E-state index in [1.165, 1.54) is 12.1 Å². The van der Waals surface area contributed by atoms with Gasteiger partial charge in [0.1, 0.15) is 23.5 Å². The number of hydrogen-bond acceptors (Lipinski definition) is 5. The average Bonchev–Trinajstić information content (AvgIpc) is 2.86. The van der Waals surface area contributed by atoms with Crippen LogP contribution in [0.15, 0.2) is 48.6 Å². The molecule has 1 aromatic carbocycles. The topological polar surface area (TPSA) is 73.9 Å². The zero-order valence-corrected chi connectivity index (χ0v) is 23.6. The summed E-state index contributed by atoms with van der Waals surface area (Å²) < 4.78 is 52.9. The summed E-state index contributed by atoms with van der Waals surface area (Å²) in [5.74, 6) is -0.671. The SMILES string of the molecule is C=C/C(=C\C)CCC[C@H]1CCC[C@H](NC(=O)OC(C)(C)C)C(=O)O[C@@H](C)[C@@H]1Cc1ccc(OC(F)(F)F)cc1. The molecule has 0 bridgehead atoms. The molecule has 1 aliphatic heterocycles. The van der Waals surface area contributed by atoms with Gasteiger partial charge in [-0.2, -0.15) is 0 Å². The zero-order valence-electron chi connectivity index (χ0n) is 23.6. The van der Waals surface area contributed by atoms with E-state index in [1.807, 2.05) is 26.0 Å². The molecule has 1 fully saturated rings. The van der Waals surface area contributed by atoms with Gasteiger partial charge in [0, 0.05) is 5.92 Å². The molecule has 6 nitrogen and oxygen atoms in total. The van der Waals surface area contributed by atoms with Gasteiger partial charge >= 0.3 is 18.4 Å². The lowest BCUT2D eigenvalue weighted by Crippen LogP contribution is -2.45. The van der Waals surface area contributed by atoms with Gasteiger partial charge in [0.25, 0.3) is 0 Å². The van der Waals surface area contributed by atoms with Gasteiger partial charge in [0.2, 0.25) is 0 Å². The third kappa shape index (κ3) is 11.8. The number of hydrogen-bond donors (Lipinski definition) is 1. The van der Waals surface area contributed by atoms with Gasteiger partial charge in [-0.1, -0.05) is 42.9 Å². The van der Waals surface area contributed by atoms with Gasteiger partial charge in [-0.25, -0.2) is 9.59 Å². The minimum absolute atomic E-state index is 0.0681. The molecule has 1 saturated heterocycles. The summed E-state index contributed by atoms with van der Waals surface area (Å²) in [5.41, 5.74) is 1.29. The van der Waals surface area contributed by atoms with Gasteiger partial charge in [-0.15, -0.1) is 13.2 Å². The number of halogens is 3. The van der Waals surface area contributed by atoms with E-state index in [0.717, 1.165) is 36.8 Å². The minimum atomic E-state index is -4.76. The maximum Gasteiger partial charge on any atom is 0.573 e. The number of allylic oxidation sites excluding steroid dienone is 3. The molecule has 218 valence electrons. The first-order valence-corrected chi connectivity index (χ1v) is 13.5. The normalized spacial score (nSPS) is 23.1. The van der Waals surface area contributed by atoms with E-state index in [9.17, 15) is 22.8 Å². The van der Waals surface area contributed by atoms with Crippen LogP contribution in [-0.2, 0) is 20.7 Å². The standard InChI is InChI=1S/C30H42F3NO5/c1-7-21(8-2)11-9-12-23-13-10-14-26(34-28(36)39-29(4,5)6)27(35)37-20(3)25(23)19-22-15-17-24(18-16-22)38-30(31,32)33/h7-8,15-18,20,23,25-26H,1,9-14,19H2,2-6H3,(H,34,36)/b21-8+/t20-,23-,25-,26-/m0/s1. The number of alkyl carbamates (subject to hydrolysis) is 1. The van der Waals surface area contributed by atoms with Crippen molar-refractivity contribution in [2.45, 2.75) is 104 Å². The molecule has 9 heteroatoms. The number of amides is 1.